The van der Waals surface area contributed by atoms with E-state index in [9.17, 15) is 8.42 Å². The van der Waals surface area contributed by atoms with E-state index in [2.05, 4.69) is 62.4 Å². The fraction of sp³-hybridized carbons (Fsp3) is 0.143. The van der Waals surface area contributed by atoms with Crippen LogP contribution in [0.5, 0.6) is 0 Å². The van der Waals surface area contributed by atoms with Crippen molar-refractivity contribution in [1.29, 1.82) is 0 Å². The molecule has 2 N–H and O–H groups in total. The molecule has 0 bridgehead atoms. The van der Waals surface area contributed by atoms with Crippen LogP contribution in [0.1, 0.15) is 25.0 Å². The standard InChI is InChI=1S/C21H21NO2S/c1-21(2,18-6-4-3-5-7-18)19-12-8-16(9-13-19)17-10-14-20(15-11-17)25(22,23)24/h3-15H,1-2H3,(H2,22,23,24). The Hall–Kier alpha value is -2.43. The second kappa shape index (κ2) is 6.47. The van der Waals surface area contributed by atoms with Crippen molar-refractivity contribution in [3.63, 3.8) is 0 Å². The van der Waals surface area contributed by atoms with Crippen molar-refractivity contribution in [2.45, 2.75) is 24.2 Å². The summed E-state index contributed by atoms with van der Waals surface area (Å²) in [7, 11) is -3.66. The highest BCUT2D eigenvalue weighted by atomic mass is 32.2. The molecule has 0 saturated heterocycles. The summed E-state index contributed by atoms with van der Waals surface area (Å²) in [5, 5.41) is 5.14. The number of rotatable bonds is 4. The van der Waals surface area contributed by atoms with Gasteiger partial charge in [0.15, 0.2) is 0 Å². The molecule has 0 unspecified atom stereocenters. The topological polar surface area (TPSA) is 60.2 Å². The van der Waals surface area contributed by atoms with Crippen molar-refractivity contribution in [1.82, 2.24) is 0 Å². The van der Waals surface area contributed by atoms with Gasteiger partial charge >= 0.3 is 0 Å². The van der Waals surface area contributed by atoms with Crippen molar-refractivity contribution in [2.75, 3.05) is 0 Å². The first-order chi connectivity index (χ1) is 11.8. The van der Waals surface area contributed by atoms with Crippen molar-refractivity contribution in [3.8, 4) is 11.1 Å². The highest BCUT2D eigenvalue weighted by Gasteiger charge is 2.22. The van der Waals surface area contributed by atoms with Crippen molar-refractivity contribution in [2.24, 2.45) is 5.14 Å². The highest BCUT2D eigenvalue weighted by molar-refractivity contribution is 7.89. The molecule has 25 heavy (non-hydrogen) atoms. The average Bonchev–Trinajstić information content (AvgIpc) is 2.62. The van der Waals surface area contributed by atoms with Crippen molar-refractivity contribution >= 4 is 10.0 Å². The van der Waals surface area contributed by atoms with Crippen LogP contribution >= 0.6 is 0 Å². The van der Waals surface area contributed by atoms with Crippen LogP contribution in [-0.2, 0) is 15.4 Å². The van der Waals surface area contributed by atoms with Gasteiger partial charge in [0.25, 0.3) is 0 Å². The van der Waals surface area contributed by atoms with E-state index in [1.165, 1.54) is 23.3 Å². The Balaban J connectivity index is 1.90. The summed E-state index contributed by atoms with van der Waals surface area (Å²) >= 11 is 0. The largest absolute Gasteiger partial charge is 0.238 e. The average molecular weight is 351 g/mol. The summed E-state index contributed by atoms with van der Waals surface area (Å²) in [5.41, 5.74) is 4.39. The van der Waals surface area contributed by atoms with Gasteiger partial charge < -0.3 is 0 Å². The van der Waals surface area contributed by atoms with E-state index >= 15 is 0 Å². The molecule has 4 heteroatoms. The molecule has 128 valence electrons. The number of sulfonamides is 1. The Morgan fingerprint density at radius 3 is 1.60 bits per heavy atom. The predicted molar refractivity (Wildman–Crippen MR) is 102 cm³/mol. The number of nitrogens with two attached hydrogens (primary N) is 1. The molecular formula is C21H21NO2S. The molecule has 0 saturated carbocycles. The number of hydrogen-bond donors (Lipinski definition) is 1. The molecule has 0 spiro atoms. The first-order valence-electron chi connectivity index (χ1n) is 8.08. The Kier molecular flexibility index (Phi) is 4.50. The lowest BCUT2D eigenvalue weighted by atomic mass is 9.78. The molecular weight excluding hydrogens is 330 g/mol. The van der Waals surface area contributed by atoms with E-state index < -0.39 is 10.0 Å². The monoisotopic (exact) mass is 351 g/mol. The minimum atomic E-state index is -3.66. The molecule has 0 atom stereocenters. The third-order valence-corrected chi connectivity index (χ3v) is 5.55. The van der Waals surface area contributed by atoms with E-state index in [-0.39, 0.29) is 10.3 Å². The summed E-state index contributed by atoms with van der Waals surface area (Å²) in [6.07, 6.45) is 0. The van der Waals surface area contributed by atoms with Crippen LogP contribution in [0.15, 0.2) is 83.8 Å². The number of benzene rings is 3. The molecule has 3 rings (SSSR count). The van der Waals surface area contributed by atoms with Crippen LogP contribution in [0.2, 0.25) is 0 Å². The quantitative estimate of drug-likeness (QED) is 0.760. The molecule has 0 aliphatic heterocycles. The van der Waals surface area contributed by atoms with Crippen LogP contribution in [0, 0.1) is 0 Å². The molecule has 0 radical (unpaired) electrons. The zero-order valence-corrected chi connectivity index (χ0v) is 15.1. The van der Waals surface area contributed by atoms with Gasteiger partial charge in [-0.1, -0.05) is 80.6 Å². The maximum Gasteiger partial charge on any atom is 0.238 e. The molecule has 0 aromatic heterocycles. The Bertz CT molecular complexity index is 959. The van der Waals surface area contributed by atoms with Gasteiger partial charge in [-0.15, -0.1) is 0 Å². The Morgan fingerprint density at radius 1 is 0.680 bits per heavy atom. The second-order valence-corrected chi connectivity index (χ2v) is 8.20. The maximum atomic E-state index is 11.3. The third kappa shape index (κ3) is 3.65. The minimum Gasteiger partial charge on any atom is -0.225 e. The lowest BCUT2D eigenvalue weighted by Crippen LogP contribution is -2.18. The fourth-order valence-electron chi connectivity index (χ4n) is 2.94. The lowest BCUT2D eigenvalue weighted by Gasteiger charge is -2.26. The van der Waals surface area contributed by atoms with Gasteiger partial charge in [-0.2, -0.15) is 0 Å². The van der Waals surface area contributed by atoms with Gasteiger partial charge in [0, 0.05) is 5.41 Å². The third-order valence-electron chi connectivity index (χ3n) is 4.62. The van der Waals surface area contributed by atoms with E-state index in [1.54, 1.807) is 12.1 Å². The SMILES string of the molecule is CC(C)(c1ccccc1)c1ccc(-c2ccc(S(N)(=O)=O)cc2)cc1. The number of primary sulfonamides is 1. The first-order valence-corrected chi connectivity index (χ1v) is 9.62. The van der Waals surface area contributed by atoms with Crippen LogP contribution < -0.4 is 5.14 Å². The van der Waals surface area contributed by atoms with Gasteiger partial charge in [-0.05, 0) is 34.4 Å². The summed E-state index contributed by atoms with van der Waals surface area (Å²) < 4.78 is 22.7. The molecule has 0 aliphatic rings. The minimum absolute atomic E-state index is 0.0860. The van der Waals surface area contributed by atoms with Crippen LogP contribution in [-0.4, -0.2) is 8.42 Å². The van der Waals surface area contributed by atoms with E-state index in [0.717, 1.165) is 11.1 Å². The predicted octanol–water partition coefficient (Wildman–Crippen LogP) is 4.33. The molecule has 3 nitrogen and oxygen atoms in total. The van der Waals surface area contributed by atoms with Crippen LogP contribution in [0.3, 0.4) is 0 Å². The molecule has 0 aliphatic carbocycles. The van der Waals surface area contributed by atoms with E-state index in [4.69, 9.17) is 5.14 Å². The van der Waals surface area contributed by atoms with Crippen molar-refractivity contribution < 1.29 is 8.42 Å². The zero-order chi connectivity index (χ0) is 18.1. The summed E-state index contributed by atoms with van der Waals surface area (Å²) in [6.45, 7) is 4.41. The van der Waals surface area contributed by atoms with Gasteiger partial charge in [0.2, 0.25) is 10.0 Å². The van der Waals surface area contributed by atoms with E-state index in [0.29, 0.717) is 0 Å². The summed E-state index contributed by atoms with van der Waals surface area (Å²) in [4.78, 5) is 0.123. The molecule has 0 heterocycles. The summed E-state index contributed by atoms with van der Waals surface area (Å²) in [5.74, 6) is 0. The zero-order valence-electron chi connectivity index (χ0n) is 14.3. The van der Waals surface area contributed by atoms with Gasteiger partial charge in [-0.3, -0.25) is 0 Å². The molecule has 3 aromatic rings. The van der Waals surface area contributed by atoms with Crippen LogP contribution in [0.4, 0.5) is 0 Å². The van der Waals surface area contributed by atoms with E-state index in [1.807, 2.05) is 6.07 Å². The smallest absolute Gasteiger partial charge is 0.225 e. The lowest BCUT2D eigenvalue weighted by molar-refractivity contribution is 0.598. The summed E-state index contributed by atoms with van der Waals surface area (Å²) in [6, 6.07) is 25.4. The number of hydrogen-bond acceptors (Lipinski definition) is 2. The van der Waals surface area contributed by atoms with Gasteiger partial charge in [0.1, 0.15) is 0 Å². The Labute approximate surface area is 149 Å². The van der Waals surface area contributed by atoms with Gasteiger partial charge in [0.05, 0.1) is 4.90 Å². The van der Waals surface area contributed by atoms with Gasteiger partial charge in [-0.25, -0.2) is 13.6 Å². The molecule has 3 aromatic carbocycles. The highest BCUT2D eigenvalue weighted by Crippen LogP contribution is 2.32. The first kappa shape index (κ1) is 17.4. The maximum absolute atomic E-state index is 11.3. The fourth-order valence-corrected chi connectivity index (χ4v) is 3.45. The molecule has 0 amide bonds. The van der Waals surface area contributed by atoms with Crippen LogP contribution in [0.25, 0.3) is 11.1 Å². The second-order valence-electron chi connectivity index (χ2n) is 6.64. The van der Waals surface area contributed by atoms with Crippen molar-refractivity contribution in [3.05, 3.63) is 90.0 Å². The normalized spacial score (nSPS) is 12.1. The Morgan fingerprint density at radius 2 is 1.12 bits per heavy atom. The molecule has 0 fully saturated rings.